The molecule has 1 saturated heterocycles. The summed E-state index contributed by atoms with van der Waals surface area (Å²) in [5, 5.41) is 0. The van der Waals surface area contributed by atoms with Gasteiger partial charge in [-0.05, 0) is 42.4 Å². The second kappa shape index (κ2) is 5.20. The Bertz CT molecular complexity index is 944. The molecular weight excluding hydrogens is 311 g/mol. The molecule has 5 rings (SSSR count). The lowest BCUT2D eigenvalue weighted by molar-refractivity contribution is 0.187. The van der Waals surface area contributed by atoms with Gasteiger partial charge in [-0.3, -0.25) is 0 Å². The standard InChI is InChI=1S/C18H17BN6/c19-13-10-21-15-16(22-13)24-17(23-15)25-7-5-18(6-8-25)9-11-3-1-2-4-12(11)14(18)20/h2,4,10,14H,5-9,20H2,(H,21,22,23,24)/t14-/m1/s1. The van der Waals surface area contributed by atoms with Crippen molar-refractivity contribution in [3.05, 3.63) is 41.6 Å². The number of aromatic amines is 1. The smallest absolute Gasteiger partial charge is 0.206 e. The molecule has 122 valence electrons. The van der Waals surface area contributed by atoms with Gasteiger partial charge in [0.2, 0.25) is 5.95 Å². The normalized spacial score (nSPS) is 21.5. The highest BCUT2D eigenvalue weighted by atomic mass is 15.3. The monoisotopic (exact) mass is 328 g/mol. The van der Waals surface area contributed by atoms with Crippen LogP contribution in [0.3, 0.4) is 0 Å². The molecule has 0 bridgehead atoms. The SMILES string of the molecule is [B]c1cnc2nc(N3CCC4(CC3)Cc3c#cccc3[C@H]4N)[nH]c2n1. The minimum atomic E-state index is 0.0781. The summed E-state index contributed by atoms with van der Waals surface area (Å²) in [4.78, 5) is 18.5. The van der Waals surface area contributed by atoms with Crippen molar-refractivity contribution >= 4 is 30.7 Å². The van der Waals surface area contributed by atoms with Crippen LogP contribution in [-0.4, -0.2) is 40.9 Å². The first-order valence-electron chi connectivity index (χ1n) is 8.55. The molecule has 3 aromatic rings. The average molecular weight is 328 g/mol. The van der Waals surface area contributed by atoms with Crippen molar-refractivity contribution in [3.8, 4) is 0 Å². The van der Waals surface area contributed by atoms with Gasteiger partial charge in [0.15, 0.2) is 11.3 Å². The first kappa shape index (κ1) is 14.7. The number of H-pyrrole nitrogens is 1. The van der Waals surface area contributed by atoms with Crippen LogP contribution in [-0.2, 0) is 6.42 Å². The third-order valence-corrected chi connectivity index (χ3v) is 5.71. The molecular formula is C18H17BN6. The molecule has 0 unspecified atom stereocenters. The van der Waals surface area contributed by atoms with Gasteiger partial charge in [0.25, 0.3) is 0 Å². The van der Waals surface area contributed by atoms with Crippen LogP contribution < -0.4 is 16.2 Å². The largest absolute Gasteiger partial charge is 0.342 e. The molecule has 3 N–H and O–H groups in total. The van der Waals surface area contributed by atoms with Crippen molar-refractivity contribution in [3.63, 3.8) is 0 Å². The van der Waals surface area contributed by atoms with Crippen LogP contribution in [0.1, 0.15) is 30.0 Å². The number of aromatic nitrogens is 4. The molecule has 1 atom stereocenters. The molecule has 0 saturated carbocycles. The van der Waals surface area contributed by atoms with Gasteiger partial charge in [-0.1, -0.05) is 12.1 Å². The Morgan fingerprint density at radius 1 is 1.32 bits per heavy atom. The molecule has 0 amide bonds. The molecule has 2 aliphatic rings. The van der Waals surface area contributed by atoms with Gasteiger partial charge < -0.3 is 15.6 Å². The van der Waals surface area contributed by atoms with Crippen molar-refractivity contribution in [2.24, 2.45) is 11.1 Å². The third-order valence-electron chi connectivity index (χ3n) is 5.71. The highest BCUT2D eigenvalue weighted by Crippen LogP contribution is 2.50. The number of imidazole rings is 1. The molecule has 1 aliphatic carbocycles. The highest BCUT2D eigenvalue weighted by Gasteiger charge is 2.46. The van der Waals surface area contributed by atoms with Crippen LogP contribution in [0.4, 0.5) is 5.95 Å². The van der Waals surface area contributed by atoms with E-state index in [4.69, 9.17) is 13.6 Å². The molecule has 3 heterocycles. The molecule has 1 fully saturated rings. The summed E-state index contributed by atoms with van der Waals surface area (Å²) >= 11 is 0. The van der Waals surface area contributed by atoms with E-state index in [-0.39, 0.29) is 11.5 Å². The predicted molar refractivity (Wildman–Crippen MR) is 95.7 cm³/mol. The Balaban J connectivity index is 1.38. The van der Waals surface area contributed by atoms with E-state index < -0.39 is 0 Å². The van der Waals surface area contributed by atoms with Crippen LogP contribution in [0.2, 0.25) is 0 Å². The zero-order valence-electron chi connectivity index (χ0n) is 13.8. The third kappa shape index (κ3) is 2.21. The molecule has 7 heteroatoms. The van der Waals surface area contributed by atoms with E-state index in [1.807, 2.05) is 6.07 Å². The molecule has 2 radical (unpaired) electrons. The van der Waals surface area contributed by atoms with Gasteiger partial charge in [0.05, 0.1) is 0 Å². The maximum absolute atomic E-state index is 6.61. The van der Waals surface area contributed by atoms with Crippen LogP contribution in [0.25, 0.3) is 11.3 Å². The summed E-state index contributed by atoms with van der Waals surface area (Å²) in [5.41, 5.74) is 10.8. The van der Waals surface area contributed by atoms with Crippen LogP contribution >= 0.6 is 0 Å². The number of piperidine rings is 1. The summed E-state index contributed by atoms with van der Waals surface area (Å²) in [6, 6.07) is 10.4. The number of fused-ring (bicyclic) bond motifs is 2. The van der Waals surface area contributed by atoms with Crippen LogP contribution in [0.15, 0.2) is 18.3 Å². The number of hydrogen-bond acceptors (Lipinski definition) is 5. The molecule has 1 aromatic carbocycles. The maximum Gasteiger partial charge on any atom is 0.206 e. The number of nitrogens with two attached hydrogens (primary N) is 1. The van der Waals surface area contributed by atoms with Crippen molar-refractivity contribution in [2.75, 3.05) is 18.0 Å². The Labute approximate surface area is 147 Å². The minimum absolute atomic E-state index is 0.0781. The fraction of sp³-hybridized carbons (Fsp3) is 0.389. The minimum Gasteiger partial charge on any atom is -0.342 e. The van der Waals surface area contributed by atoms with Gasteiger partial charge in [0, 0.05) is 36.5 Å². The second-order valence-electron chi connectivity index (χ2n) is 7.07. The lowest BCUT2D eigenvalue weighted by atomic mass is 9.73. The number of anilines is 1. The van der Waals surface area contributed by atoms with E-state index in [1.54, 1.807) is 0 Å². The zero-order chi connectivity index (χ0) is 17.0. The molecule has 6 nitrogen and oxygen atoms in total. The number of rotatable bonds is 1. The Morgan fingerprint density at radius 2 is 2.16 bits per heavy atom. The van der Waals surface area contributed by atoms with Crippen molar-refractivity contribution in [1.29, 1.82) is 0 Å². The molecule has 1 spiro atoms. The maximum atomic E-state index is 6.61. The first-order chi connectivity index (χ1) is 12.1. The summed E-state index contributed by atoms with van der Waals surface area (Å²) in [5.74, 6) is 0.805. The topological polar surface area (TPSA) is 83.7 Å². The van der Waals surface area contributed by atoms with Crippen molar-refractivity contribution in [2.45, 2.75) is 25.3 Å². The first-order valence-corrected chi connectivity index (χ1v) is 8.55. The lowest BCUT2D eigenvalue weighted by Crippen LogP contribution is -2.44. The quantitative estimate of drug-likeness (QED) is 0.639. The van der Waals surface area contributed by atoms with Gasteiger partial charge >= 0.3 is 0 Å². The number of nitrogens with zero attached hydrogens (tertiary/aromatic N) is 4. The fourth-order valence-electron chi connectivity index (χ4n) is 4.26. The zero-order valence-corrected chi connectivity index (χ0v) is 13.8. The lowest BCUT2D eigenvalue weighted by Gasteiger charge is -2.42. The average Bonchev–Trinajstić information content (AvgIpc) is 3.16. The molecule has 2 aromatic heterocycles. The van der Waals surface area contributed by atoms with E-state index in [2.05, 4.69) is 43.0 Å². The second-order valence-corrected chi connectivity index (χ2v) is 7.07. The van der Waals surface area contributed by atoms with Crippen LogP contribution in [0.5, 0.6) is 0 Å². The summed E-state index contributed by atoms with van der Waals surface area (Å²) < 4.78 is 0. The van der Waals surface area contributed by atoms with Crippen LogP contribution in [0, 0.1) is 17.5 Å². The van der Waals surface area contributed by atoms with Gasteiger partial charge in [-0.2, -0.15) is 4.98 Å². The van der Waals surface area contributed by atoms with E-state index in [0.29, 0.717) is 16.9 Å². The van der Waals surface area contributed by atoms with E-state index in [1.165, 1.54) is 17.3 Å². The molecule has 1 aliphatic heterocycles. The van der Waals surface area contributed by atoms with E-state index in [9.17, 15) is 0 Å². The van der Waals surface area contributed by atoms with E-state index in [0.717, 1.165) is 38.3 Å². The fourth-order valence-corrected chi connectivity index (χ4v) is 4.26. The Hall–Kier alpha value is -2.59. The number of nitrogens with one attached hydrogen (secondary N) is 1. The number of hydrogen-bond donors (Lipinski definition) is 2. The van der Waals surface area contributed by atoms with Gasteiger partial charge in [-0.25, -0.2) is 9.97 Å². The molecule has 25 heavy (non-hydrogen) atoms. The van der Waals surface area contributed by atoms with Crippen molar-refractivity contribution in [1.82, 2.24) is 19.9 Å². The summed E-state index contributed by atoms with van der Waals surface area (Å²) in [7, 11) is 5.69. The van der Waals surface area contributed by atoms with Gasteiger partial charge in [-0.15, -0.1) is 0 Å². The summed E-state index contributed by atoms with van der Waals surface area (Å²) in [6.07, 6.45) is 4.57. The Morgan fingerprint density at radius 3 is 2.96 bits per heavy atom. The van der Waals surface area contributed by atoms with Gasteiger partial charge in [0.1, 0.15) is 7.85 Å². The van der Waals surface area contributed by atoms with Crippen molar-refractivity contribution < 1.29 is 0 Å². The van der Waals surface area contributed by atoms with E-state index >= 15 is 0 Å². The Kier molecular flexibility index (Phi) is 3.07. The predicted octanol–water partition coefficient (Wildman–Crippen LogP) is 0.590. The highest BCUT2D eigenvalue weighted by molar-refractivity contribution is 6.30. The summed E-state index contributed by atoms with van der Waals surface area (Å²) in [6.45, 7) is 1.81.